The fourth-order valence-electron chi connectivity index (χ4n) is 4.58. The number of halogens is 1. The molecule has 2 N–H and O–H groups in total. The first-order valence-electron chi connectivity index (χ1n) is 11.7. The third-order valence-corrected chi connectivity index (χ3v) is 9.51. The molecule has 0 atom stereocenters. The van der Waals surface area contributed by atoms with E-state index in [0.29, 0.717) is 59.0 Å². The maximum atomic E-state index is 13.7. The van der Waals surface area contributed by atoms with Gasteiger partial charge in [-0.2, -0.15) is 0 Å². The van der Waals surface area contributed by atoms with Crippen LogP contribution in [0.2, 0.25) is 0 Å². The molecule has 0 aliphatic carbocycles. The van der Waals surface area contributed by atoms with Gasteiger partial charge in [-0.1, -0.05) is 18.2 Å². The molecule has 0 unspecified atom stereocenters. The van der Waals surface area contributed by atoms with Crippen molar-refractivity contribution in [3.05, 3.63) is 53.3 Å². The molecule has 0 saturated carbocycles. The fraction of sp³-hybridized carbons (Fsp3) is 0.333. The highest BCUT2D eigenvalue weighted by Crippen LogP contribution is 2.41. The van der Waals surface area contributed by atoms with Crippen LogP contribution in [0.1, 0.15) is 12.8 Å². The Bertz CT molecular complexity index is 1680. The highest BCUT2D eigenvalue weighted by molar-refractivity contribution is 9.10. The quantitative estimate of drug-likeness (QED) is 0.336. The minimum absolute atomic E-state index is 0.117. The van der Waals surface area contributed by atoms with Gasteiger partial charge in [-0.3, -0.25) is 0 Å². The van der Waals surface area contributed by atoms with Crippen LogP contribution in [0.3, 0.4) is 0 Å². The summed E-state index contributed by atoms with van der Waals surface area (Å²) in [6, 6.07) is 9.94. The van der Waals surface area contributed by atoms with E-state index in [1.54, 1.807) is 30.5 Å². The number of nitrogens with zero attached hydrogens (tertiary/aromatic N) is 4. The Morgan fingerprint density at radius 1 is 1.08 bits per heavy atom. The molecule has 0 bridgehead atoms. The molecule has 1 aromatic carbocycles. The van der Waals surface area contributed by atoms with Crippen LogP contribution < -0.4 is 10.5 Å². The Labute approximate surface area is 223 Å². The summed E-state index contributed by atoms with van der Waals surface area (Å²) < 4.78 is 58.7. The van der Waals surface area contributed by atoms with Crippen LogP contribution >= 0.6 is 15.9 Å². The number of hydrogen-bond donors (Lipinski definition) is 1. The lowest BCUT2D eigenvalue weighted by Crippen LogP contribution is -2.40. The lowest BCUT2D eigenvalue weighted by atomic mass is 10.1. The minimum atomic E-state index is -4.00. The molecular formula is C24H26BrN5O5S2. The van der Waals surface area contributed by atoms with E-state index in [1.165, 1.54) is 28.6 Å². The van der Waals surface area contributed by atoms with Crippen molar-refractivity contribution >= 4 is 63.5 Å². The van der Waals surface area contributed by atoms with Gasteiger partial charge in [0, 0.05) is 41.9 Å². The van der Waals surface area contributed by atoms with Crippen LogP contribution in [-0.4, -0.2) is 73.4 Å². The first-order chi connectivity index (χ1) is 17.5. The molecule has 1 saturated heterocycles. The Morgan fingerprint density at radius 3 is 2.46 bits per heavy atom. The molecule has 0 spiro atoms. The van der Waals surface area contributed by atoms with Gasteiger partial charge in [0.2, 0.25) is 0 Å². The number of hydrogen-bond acceptors (Lipinski definition) is 9. The molecule has 1 aliphatic heterocycles. The Balaban J connectivity index is 1.56. The van der Waals surface area contributed by atoms with E-state index in [0.717, 1.165) is 0 Å². The standard InChI is InChI=1S/C24H26BrN5O5S2/c1-36(31,32)12-11-29-9-7-17(8-10-29)35-22-21-19-13-16(25)14-28-24(19)30(20(21)15-27-23(22)26)37(33,34)18-5-3-2-4-6-18/h2-6,13-15,17H,7-12H2,1H3,(H2,26,27). The van der Waals surface area contributed by atoms with Gasteiger partial charge < -0.3 is 15.4 Å². The summed E-state index contributed by atoms with van der Waals surface area (Å²) in [5.41, 5.74) is 6.85. The number of sulfone groups is 1. The lowest BCUT2D eigenvalue weighted by molar-refractivity contribution is 0.106. The van der Waals surface area contributed by atoms with Crippen molar-refractivity contribution in [2.45, 2.75) is 23.8 Å². The molecule has 10 nitrogen and oxygen atoms in total. The van der Waals surface area contributed by atoms with Gasteiger partial charge >= 0.3 is 0 Å². The van der Waals surface area contributed by atoms with Crippen molar-refractivity contribution in [2.75, 3.05) is 37.4 Å². The molecule has 0 radical (unpaired) electrons. The van der Waals surface area contributed by atoms with E-state index in [9.17, 15) is 16.8 Å². The molecule has 0 amide bonds. The second-order valence-corrected chi connectivity index (χ2v) is 14.1. The summed E-state index contributed by atoms with van der Waals surface area (Å²) in [6.45, 7) is 1.84. The van der Waals surface area contributed by atoms with Gasteiger partial charge in [0.25, 0.3) is 10.0 Å². The summed E-state index contributed by atoms with van der Waals surface area (Å²) >= 11 is 3.44. The number of ether oxygens (including phenoxy) is 1. The van der Waals surface area contributed by atoms with Crippen LogP contribution in [0.5, 0.6) is 5.75 Å². The number of rotatable bonds is 7. The Morgan fingerprint density at radius 2 is 1.78 bits per heavy atom. The third-order valence-electron chi connectivity index (χ3n) is 6.43. The summed E-state index contributed by atoms with van der Waals surface area (Å²) in [6.07, 6.45) is 5.36. The van der Waals surface area contributed by atoms with E-state index in [2.05, 4.69) is 30.8 Å². The smallest absolute Gasteiger partial charge is 0.269 e. The van der Waals surface area contributed by atoms with Crippen LogP contribution in [0.4, 0.5) is 5.82 Å². The minimum Gasteiger partial charge on any atom is -0.486 e. The second kappa shape index (κ2) is 9.86. The number of fused-ring (bicyclic) bond motifs is 3. The van der Waals surface area contributed by atoms with E-state index < -0.39 is 19.9 Å². The normalized spacial score (nSPS) is 15.9. The van der Waals surface area contributed by atoms with Crippen LogP contribution in [0, 0.1) is 0 Å². The van der Waals surface area contributed by atoms with E-state index >= 15 is 0 Å². The van der Waals surface area contributed by atoms with E-state index in [-0.39, 0.29) is 28.2 Å². The molecule has 196 valence electrons. The van der Waals surface area contributed by atoms with Crippen molar-refractivity contribution in [1.82, 2.24) is 18.8 Å². The van der Waals surface area contributed by atoms with Gasteiger partial charge in [0.15, 0.2) is 17.2 Å². The van der Waals surface area contributed by atoms with Crippen LogP contribution in [0.15, 0.2) is 58.2 Å². The molecule has 13 heteroatoms. The summed E-state index contributed by atoms with van der Waals surface area (Å²) in [5, 5.41) is 1.09. The summed E-state index contributed by atoms with van der Waals surface area (Å²) in [5.74, 6) is 0.591. The average molecular weight is 609 g/mol. The molecule has 1 fully saturated rings. The predicted octanol–water partition coefficient (Wildman–Crippen LogP) is 3.05. The number of nitrogen functional groups attached to an aromatic ring is 1. The van der Waals surface area contributed by atoms with E-state index in [1.807, 2.05) is 0 Å². The largest absolute Gasteiger partial charge is 0.486 e. The number of aromatic nitrogens is 3. The fourth-order valence-corrected chi connectivity index (χ4v) is 6.98. The molecule has 1 aliphatic rings. The predicted molar refractivity (Wildman–Crippen MR) is 146 cm³/mol. The monoisotopic (exact) mass is 607 g/mol. The molecule has 3 aromatic heterocycles. The van der Waals surface area contributed by atoms with Crippen LogP contribution in [0.25, 0.3) is 21.9 Å². The highest BCUT2D eigenvalue weighted by Gasteiger charge is 2.29. The summed E-state index contributed by atoms with van der Waals surface area (Å²) in [4.78, 5) is 10.9. The maximum absolute atomic E-state index is 13.7. The van der Waals surface area contributed by atoms with Gasteiger partial charge in [-0.05, 0) is 47.0 Å². The third kappa shape index (κ3) is 5.17. The number of piperidine rings is 1. The number of likely N-dealkylation sites (tertiary alicyclic amines) is 1. The van der Waals surface area contributed by atoms with Crippen molar-refractivity contribution < 1.29 is 21.6 Å². The maximum Gasteiger partial charge on any atom is 0.269 e. The van der Waals surface area contributed by atoms with E-state index in [4.69, 9.17) is 10.5 Å². The van der Waals surface area contributed by atoms with Gasteiger partial charge in [-0.25, -0.2) is 30.8 Å². The van der Waals surface area contributed by atoms with Crippen molar-refractivity contribution in [3.8, 4) is 5.75 Å². The number of nitrogens with two attached hydrogens (primary N) is 1. The highest BCUT2D eigenvalue weighted by atomic mass is 79.9. The zero-order valence-electron chi connectivity index (χ0n) is 20.0. The lowest BCUT2D eigenvalue weighted by Gasteiger charge is -2.32. The first kappa shape index (κ1) is 25.9. The van der Waals surface area contributed by atoms with Gasteiger partial charge in [0.05, 0.1) is 27.7 Å². The number of benzene rings is 1. The molecule has 4 heterocycles. The zero-order chi connectivity index (χ0) is 26.4. The topological polar surface area (TPSA) is 137 Å². The molecular weight excluding hydrogens is 582 g/mol. The zero-order valence-corrected chi connectivity index (χ0v) is 23.3. The Hall–Kier alpha value is -2.74. The van der Waals surface area contributed by atoms with Crippen molar-refractivity contribution in [2.24, 2.45) is 0 Å². The average Bonchev–Trinajstić information content (AvgIpc) is 3.20. The molecule has 4 aromatic rings. The first-order valence-corrected chi connectivity index (χ1v) is 16.0. The van der Waals surface area contributed by atoms with Gasteiger partial charge in [-0.15, -0.1) is 0 Å². The molecule has 5 rings (SSSR count). The summed E-state index contributed by atoms with van der Waals surface area (Å²) in [7, 11) is -7.03. The van der Waals surface area contributed by atoms with Crippen molar-refractivity contribution in [3.63, 3.8) is 0 Å². The SMILES string of the molecule is CS(=O)(=O)CCN1CCC(Oc2c(N)ncc3c2c2cc(Br)cnc2n3S(=O)(=O)c2ccccc2)CC1. The van der Waals surface area contributed by atoms with Gasteiger partial charge in [0.1, 0.15) is 15.9 Å². The number of anilines is 1. The Kier molecular flexibility index (Phi) is 6.90. The molecule has 37 heavy (non-hydrogen) atoms. The van der Waals surface area contributed by atoms with Crippen molar-refractivity contribution in [1.29, 1.82) is 0 Å². The second-order valence-electron chi connectivity index (χ2n) is 9.13. The van der Waals surface area contributed by atoms with Crippen LogP contribution in [-0.2, 0) is 19.9 Å². The number of pyridine rings is 2.